The van der Waals surface area contributed by atoms with Crippen LogP contribution >= 0.6 is 11.8 Å². The van der Waals surface area contributed by atoms with Crippen molar-refractivity contribution in [1.29, 1.82) is 5.26 Å². The molecule has 0 aliphatic rings. The monoisotopic (exact) mass is 145 g/mol. The molecule has 0 unspecified atom stereocenters. The molecule has 0 aromatic carbocycles. The minimum atomic E-state index is 0.647. The van der Waals surface area contributed by atoms with Crippen molar-refractivity contribution >= 4 is 11.8 Å². The predicted octanol–water partition coefficient (Wildman–Crippen LogP) is 1.28. The lowest BCUT2D eigenvalue weighted by molar-refractivity contribution is 0.218. The van der Waals surface area contributed by atoms with E-state index in [0.29, 0.717) is 6.42 Å². The zero-order chi connectivity index (χ0) is 6.95. The Labute approximate surface area is 60.2 Å². The van der Waals surface area contributed by atoms with Gasteiger partial charge in [-0.15, -0.1) is 0 Å². The first-order chi connectivity index (χ1) is 4.41. The first-order valence-corrected chi connectivity index (χ1v) is 4.01. The lowest BCUT2D eigenvalue weighted by atomic mass is 10.6. The van der Waals surface area contributed by atoms with Gasteiger partial charge in [-0.1, -0.05) is 0 Å². The average molecular weight is 145 g/mol. The Hall–Kier alpha value is -0.200. The van der Waals surface area contributed by atoms with E-state index < -0.39 is 0 Å². The summed E-state index contributed by atoms with van der Waals surface area (Å²) in [6, 6.07) is 2.08. The van der Waals surface area contributed by atoms with Gasteiger partial charge >= 0.3 is 0 Å². The molecule has 9 heavy (non-hydrogen) atoms. The third-order valence-corrected chi connectivity index (χ3v) is 1.74. The molecule has 0 radical (unpaired) electrons. The van der Waals surface area contributed by atoms with Crippen molar-refractivity contribution in [3.05, 3.63) is 0 Å². The standard InChI is InChI=1S/C6H11NOS/c1-8-4-6-9-5-2-3-7/h2,4-6H2,1H3. The molecule has 0 fully saturated rings. The number of thioether (sulfide) groups is 1. The summed E-state index contributed by atoms with van der Waals surface area (Å²) in [5.41, 5.74) is 0. The molecule has 0 spiro atoms. The summed E-state index contributed by atoms with van der Waals surface area (Å²) in [4.78, 5) is 0. The molecule has 0 aromatic heterocycles. The number of rotatable bonds is 5. The van der Waals surface area contributed by atoms with Crippen LogP contribution in [0.1, 0.15) is 6.42 Å². The Kier molecular flexibility index (Phi) is 7.63. The molecule has 0 atom stereocenters. The Morgan fingerprint density at radius 2 is 2.33 bits per heavy atom. The average Bonchev–Trinajstić information content (AvgIpc) is 1.89. The highest BCUT2D eigenvalue weighted by Gasteiger charge is 1.85. The van der Waals surface area contributed by atoms with Crippen molar-refractivity contribution in [3.63, 3.8) is 0 Å². The van der Waals surface area contributed by atoms with Gasteiger partial charge in [-0.3, -0.25) is 0 Å². The Bertz CT molecular complexity index is 89.5. The van der Waals surface area contributed by atoms with Crippen LogP contribution in [0.5, 0.6) is 0 Å². The maximum absolute atomic E-state index is 8.13. The first kappa shape index (κ1) is 8.80. The Morgan fingerprint density at radius 3 is 2.89 bits per heavy atom. The fourth-order valence-electron chi connectivity index (χ4n) is 0.362. The number of nitrogens with zero attached hydrogens (tertiary/aromatic N) is 1. The van der Waals surface area contributed by atoms with E-state index in [0.717, 1.165) is 18.1 Å². The highest BCUT2D eigenvalue weighted by molar-refractivity contribution is 7.99. The van der Waals surface area contributed by atoms with Crippen LogP contribution in [0, 0.1) is 11.3 Å². The number of hydrogen-bond acceptors (Lipinski definition) is 3. The van der Waals surface area contributed by atoms with Gasteiger partial charge in [0, 0.05) is 25.0 Å². The van der Waals surface area contributed by atoms with E-state index in [1.165, 1.54) is 0 Å². The van der Waals surface area contributed by atoms with Gasteiger partial charge in [0.25, 0.3) is 0 Å². The van der Waals surface area contributed by atoms with E-state index in [2.05, 4.69) is 6.07 Å². The molecule has 0 aromatic rings. The van der Waals surface area contributed by atoms with Crippen molar-refractivity contribution in [1.82, 2.24) is 0 Å². The highest BCUT2D eigenvalue weighted by Crippen LogP contribution is 2.00. The molecule has 0 aliphatic heterocycles. The van der Waals surface area contributed by atoms with E-state index in [1.54, 1.807) is 18.9 Å². The molecule has 0 saturated carbocycles. The fraction of sp³-hybridized carbons (Fsp3) is 0.833. The van der Waals surface area contributed by atoms with E-state index in [-0.39, 0.29) is 0 Å². The minimum Gasteiger partial charge on any atom is -0.384 e. The second-order valence-corrected chi connectivity index (χ2v) is 2.74. The molecular formula is C6H11NOS. The lowest BCUT2D eigenvalue weighted by Gasteiger charge is -1.94. The van der Waals surface area contributed by atoms with Crippen LogP contribution < -0.4 is 0 Å². The summed E-state index contributed by atoms with van der Waals surface area (Å²) < 4.78 is 4.82. The molecular weight excluding hydrogens is 134 g/mol. The Balaban J connectivity index is 2.69. The minimum absolute atomic E-state index is 0.647. The van der Waals surface area contributed by atoms with Crippen LogP contribution in [-0.2, 0) is 4.74 Å². The second-order valence-electron chi connectivity index (χ2n) is 1.51. The van der Waals surface area contributed by atoms with Gasteiger partial charge < -0.3 is 4.74 Å². The molecule has 0 rings (SSSR count). The van der Waals surface area contributed by atoms with Crippen molar-refractivity contribution in [2.45, 2.75) is 6.42 Å². The van der Waals surface area contributed by atoms with Crippen molar-refractivity contribution in [2.75, 3.05) is 25.2 Å². The number of hydrogen-bond donors (Lipinski definition) is 0. The first-order valence-electron chi connectivity index (χ1n) is 2.85. The van der Waals surface area contributed by atoms with Crippen LogP contribution in [0.2, 0.25) is 0 Å². The smallest absolute Gasteiger partial charge is 0.0630 e. The number of ether oxygens (including phenoxy) is 1. The summed E-state index contributed by atoms with van der Waals surface area (Å²) in [6.45, 7) is 0.788. The second kappa shape index (κ2) is 7.80. The number of nitriles is 1. The van der Waals surface area contributed by atoms with Gasteiger partial charge in [-0.25, -0.2) is 0 Å². The maximum Gasteiger partial charge on any atom is 0.0630 e. The zero-order valence-corrected chi connectivity index (χ0v) is 6.41. The van der Waals surface area contributed by atoms with Crippen molar-refractivity contribution in [2.24, 2.45) is 0 Å². The molecule has 52 valence electrons. The third-order valence-electron chi connectivity index (χ3n) is 0.790. The van der Waals surface area contributed by atoms with Gasteiger partial charge in [0.05, 0.1) is 12.7 Å². The van der Waals surface area contributed by atoms with Crippen LogP contribution in [0.15, 0.2) is 0 Å². The van der Waals surface area contributed by atoms with Gasteiger partial charge in [0.1, 0.15) is 0 Å². The topological polar surface area (TPSA) is 33.0 Å². The molecule has 0 heterocycles. The van der Waals surface area contributed by atoms with Crippen LogP contribution in [0.4, 0.5) is 0 Å². The molecule has 0 N–H and O–H groups in total. The van der Waals surface area contributed by atoms with Crippen molar-refractivity contribution in [3.8, 4) is 6.07 Å². The maximum atomic E-state index is 8.13. The summed E-state index contributed by atoms with van der Waals surface area (Å²) in [6.07, 6.45) is 0.647. The Morgan fingerprint density at radius 1 is 1.56 bits per heavy atom. The highest BCUT2D eigenvalue weighted by atomic mass is 32.2. The van der Waals surface area contributed by atoms with Crippen LogP contribution in [-0.4, -0.2) is 25.2 Å². The lowest BCUT2D eigenvalue weighted by Crippen LogP contribution is -1.91. The van der Waals surface area contributed by atoms with E-state index >= 15 is 0 Å². The van der Waals surface area contributed by atoms with Gasteiger partial charge in [0.15, 0.2) is 0 Å². The molecule has 2 nitrogen and oxygen atoms in total. The van der Waals surface area contributed by atoms with Gasteiger partial charge in [-0.05, 0) is 0 Å². The largest absolute Gasteiger partial charge is 0.384 e. The fourth-order valence-corrected chi connectivity index (χ4v) is 1.09. The van der Waals surface area contributed by atoms with Crippen LogP contribution in [0.3, 0.4) is 0 Å². The molecule has 3 heteroatoms. The molecule has 0 saturated heterocycles. The summed E-state index contributed by atoms with van der Waals surface area (Å²) in [5.74, 6) is 1.93. The predicted molar refractivity (Wildman–Crippen MR) is 39.4 cm³/mol. The quantitative estimate of drug-likeness (QED) is 0.546. The van der Waals surface area contributed by atoms with Crippen molar-refractivity contribution < 1.29 is 4.74 Å². The van der Waals surface area contributed by atoms with E-state index in [1.807, 2.05) is 0 Å². The van der Waals surface area contributed by atoms with Gasteiger partial charge in [0.2, 0.25) is 0 Å². The van der Waals surface area contributed by atoms with Gasteiger partial charge in [-0.2, -0.15) is 17.0 Å². The summed E-state index contributed by atoms with van der Waals surface area (Å²) >= 11 is 1.75. The SMILES string of the molecule is COCCSCCC#N. The molecule has 0 amide bonds. The zero-order valence-electron chi connectivity index (χ0n) is 5.59. The summed E-state index contributed by atoms with van der Waals surface area (Å²) in [5, 5.41) is 8.13. The number of methoxy groups -OCH3 is 1. The molecule has 0 bridgehead atoms. The summed E-state index contributed by atoms with van der Waals surface area (Å²) in [7, 11) is 1.69. The normalized spacial score (nSPS) is 8.89. The van der Waals surface area contributed by atoms with E-state index in [4.69, 9.17) is 10.00 Å². The van der Waals surface area contributed by atoms with E-state index in [9.17, 15) is 0 Å². The van der Waals surface area contributed by atoms with Crippen LogP contribution in [0.25, 0.3) is 0 Å². The third kappa shape index (κ3) is 7.80. The molecule has 0 aliphatic carbocycles.